The first-order chi connectivity index (χ1) is 10.5. The standard InChI is InChI=1S/C15H17N3O4/c1-14-7-15(8-14,9-21-14)16-6-10-2-5-12(22-11-3-4-11)17-13(10)18(19)20/h2,5-6,11H,3-4,7-9H2,1H3. The average Bonchev–Trinajstić information content (AvgIpc) is 3.12. The summed E-state index contributed by atoms with van der Waals surface area (Å²) in [5, 5.41) is 11.2. The Labute approximate surface area is 127 Å². The number of rotatable bonds is 5. The molecule has 0 unspecified atom stereocenters. The summed E-state index contributed by atoms with van der Waals surface area (Å²) in [6.07, 6.45) is 5.44. The normalized spacial score (nSPS) is 33.0. The van der Waals surface area contributed by atoms with Gasteiger partial charge in [0.05, 0.1) is 23.3 Å². The number of aromatic nitrogens is 1. The van der Waals surface area contributed by atoms with Gasteiger partial charge in [-0.3, -0.25) is 4.99 Å². The maximum atomic E-state index is 11.2. The second kappa shape index (κ2) is 4.49. The van der Waals surface area contributed by atoms with Gasteiger partial charge in [0.1, 0.15) is 6.10 Å². The van der Waals surface area contributed by atoms with Gasteiger partial charge in [-0.2, -0.15) is 0 Å². The quantitative estimate of drug-likeness (QED) is 0.473. The topological polar surface area (TPSA) is 86.9 Å². The van der Waals surface area contributed by atoms with Crippen molar-refractivity contribution >= 4 is 12.0 Å². The first-order valence-electron chi connectivity index (χ1n) is 7.48. The van der Waals surface area contributed by atoms with Crippen LogP contribution in [0.2, 0.25) is 0 Å². The van der Waals surface area contributed by atoms with Crippen molar-refractivity contribution in [2.24, 2.45) is 4.99 Å². The summed E-state index contributed by atoms with van der Waals surface area (Å²) in [7, 11) is 0. The van der Waals surface area contributed by atoms with Crippen LogP contribution in [0.15, 0.2) is 17.1 Å². The molecule has 0 amide bonds. The molecule has 5 rings (SSSR count). The van der Waals surface area contributed by atoms with Gasteiger partial charge < -0.3 is 19.6 Å². The molecular formula is C15H17N3O4. The van der Waals surface area contributed by atoms with Gasteiger partial charge in [0.15, 0.2) is 0 Å². The third-order valence-corrected chi connectivity index (χ3v) is 4.44. The zero-order chi connectivity index (χ0) is 15.4. The molecule has 3 heterocycles. The number of pyridine rings is 1. The van der Waals surface area contributed by atoms with E-state index in [9.17, 15) is 10.1 Å². The van der Waals surface area contributed by atoms with Crippen LogP contribution in [-0.4, -0.2) is 40.0 Å². The number of hydrogen-bond donors (Lipinski definition) is 0. The number of nitro groups is 1. The van der Waals surface area contributed by atoms with Crippen molar-refractivity contribution in [1.29, 1.82) is 0 Å². The van der Waals surface area contributed by atoms with Crippen molar-refractivity contribution in [2.45, 2.75) is 49.9 Å². The molecule has 2 saturated carbocycles. The number of fused-ring (bicyclic) bond motifs is 1. The number of nitrogens with zero attached hydrogens (tertiary/aromatic N) is 3. The summed E-state index contributed by atoms with van der Waals surface area (Å²) in [4.78, 5) is 19.3. The molecule has 22 heavy (non-hydrogen) atoms. The van der Waals surface area contributed by atoms with E-state index in [1.165, 1.54) is 0 Å². The highest BCUT2D eigenvalue weighted by atomic mass is 16.6. The molecule has 0 N–H and O–H groups in total. The SMILES string of the molecule is CC12CC(N=Cc3ccc(OC4CC4)nc3[N+](=O)[O-])(CO1)C2. The Morgan fingerprint density at radius 2 is 2.27 bits per heavy atom. The first-order valence-corrected chi connectivity index (χ1v) is 7.48. The molecule has 0 spiro atoms. The highest BCUT2D eigenvalue weighted by molar-refractivity contribution is 5.84. The molecule has 2 bridgehead atoms. The molecule has 4 fully saturated rings. The fourth-order valence-electron chi connectivity index (χ4n) is 3.30. The van der Waals surface area contributed by atoms with Crippen LogP contribution in [0.3, 0.4) is 0 Å². The molecule has 0 aromatic carbocycles. The molecule has 116 valence electrons. The Balaban J connectivity index is 1.56. The van der Waals surface area contributed by atoms with E-state index in [0.29, 0.717) is 18.1 Å². The van der Waals surface area contributed by atoms with Gasteiger partial charge in [-0.05, 0) is 30.8 Å². The average molecular weight is 303 g/mol. The lowest BCUT2D eigenvalue weighted by Gasteiger charge is -2.39. The van der Waals surface area contributed by atoms with E-state index in [1.807, 2.05) is 0 Å². The van der Waals surface area contributed by atoms with Crippen molar-refractivity contribution in [2.75, 3.05) is 6.61 Å². The molecular weight excluding hydrogens is 286 g/mol. The summed E-state index contributed by atoms with van der Waals surface area (Å²) < 4.78 is 11.2. The fraction of sp³-hybridized carbons (Fsp3) is 0.600. The molecule has 0 radical (unpaired) electrons. The fourth-order valence-corrected chi connectivity index (χ4v) is 3.30. The van der Waals surface area contributed by atoms with Crippen molar-refractivity contribution in [3.8, 4) is 5.88 Å². The van der Waals surface area contributed by atoms with E-state index in [4.69, 9.17) is 9.47 Å². The summed E-state index contributed by atoms with van der Waals surface area (Å²) in [6, 6.07) is 3.32. The van der Waals surface area contributed by atoms with E-state index >= 15 is 0 Å². The molecule has 0 atom stereocenters. The largest absolute Gasteiger partial charge is 0.456 e. The second-order valence-electron chi connectivity index (χ2n) is 6.71. The minimum Gasteiger partial charge on any atom is -0.456 e. The van der Waals surface area contributed by atoms with Crippen LogP contribution in [-0.2, 0) is 4.74 Å². The van der Waals surface area contributed by atoms with Crippen LogP contribution < -0.4 is 4.74 Å². The summed E-state index contributed by atoms with van der Waals surface area (Å²) in [5.74, 6) is 0.101. The lowest BCUT2D eigenvalue weighted by Crippen LogP contribution is -2.45. The van der Waals surface area contributed by atoms with Gasteiger partial charge >= 0.3 is 11.7 Å². The van der Waals surface area contributed by atoms with Crippen LogP contribution in [0.4, 0.5) is 5.82 Å². The monoisotopic (exact) mass is 303 g/mol. The van der Waals surface area contributed by atoms with E-state index < -0.39 is 4.92 Å². The van der Waals surface area contributed by atoms with Crippen molar-refractivity contribution in [3.63, 3.8) is 0 Å². The maximum Gasteiger partial charge on any atom is 0.376 e. The van der Waals surface area contributed by atoms with Gasteiger partial charge in [-0.25, -0.2) is 0 Å². The lowest BCUT2D eigenvalue weighted by atomic mass is 9.70. The van der Waals surface area contributed by atoms with Gasteiger partial charge in [0.2, 0.25) is 0 Å². The summed E-state index contributed by atoms with van der Waals surface area (Å²) in [6.45, 7) is 2.66. The molecule has 7 nitrogen and oxygen atoms in total. The minimum atomic E-state index is -0.491. The minimum absolute atomic E-state index is 0.0521. The Bertz CT molecular complexity index is 663. The zero-order valence-corrected chi connectivity index (χ0v) is 12.3. The van der Waals surface area contributed by atoms with Gasteiger partial charge in [0, 0.05) is 30.1 Å². The molecule has 2 aliphatic heterocycles. The molecule has 1 aromatic rings. The Morgan fingerprint density at radius 3 is 2.86 bits per heavy atom. The summed E-state index contributed by atoms with van der Waals surface area (Å²) >= 11 is 0. The van der Waals surface area contributed by atoms with E-state index in [2.05, 4.69) is 16.9 Å². The number of ether oxygens (including phenoxy) is 2. The third kappa shape index (κ3) is 2.35. The van der Waals surface area contributed by atoms with Crippen LogP contribution in [0.5, 0.6) is 5.88 Å². The predicted octanol–water partition coefficient (Wildman–Crippen LogP) is 2.27. The van der Waals surface area contributed by atoms with E-state index in [-0.39, 0.29) is 23.1 Å². The van der Waals surface area contributed by atoms with Crippen LogP contribution in [0, 0.1) is 10.1 Å². The van der Waals surface area contributed by atoms with Gasteiger partial charge in [-0.15, -0.1) is 0 Å². The Hall–Kier alpha value is -2.02. The Kier molecular flexibility index (Phi) is 2.78. The second-order valence-corrected chi connectivity index (χ2v) is 6.71. The smallest absolute Gasteiger partial charge is 0.376 e. The maximum absolute atomic E-state index is 11.2. The summed E-state index contributed by atoms with van der Waals surface area (Å²) in [5.41, 5.74) is 0.151. The van der Waals surface area contributed by atoms with E-state index in [0.717, 1.165) is 25.7 Å². The lowest BCUT2D eigenvalue weighted by molar-refractivity contribution is -0.389. The molecule has 1 aromatic heterocycles. The van der Waals surface area contributed by atoms with Crippen LogP contribution in [0.25, 0.3) is 0 Å². The van der Waals surface area contributed by atoms with Gasteiger partial charge in [0.25, 0.3) is 0 Å². The highest BCUT2D eigenvalue weighted by Crippen LogP contribution is 2.53. The van der Waals surface area contributed by atoms with Crippen molar-refractivity contribution in [1.82, 2.24) is 4.98 Å². The Morgan fingerprint density at radius 1 is 1.50 bits per heavy atom. The molecule has 7 heteroatoms. The van der Waals surface area contributed by atoms with Crippen molar-refractivity contribution in [3.05, 3.63) is 27.8 Å². The predicted molar refractivity (Wildman–Crippen MR) is 78.5 cm³/mol. The van der Waals surface area contributed by atoms with Gasteiger partial charge in [-0.1, -0.05) is 0 Å². The number of hydrogen-bond acceptors (Lipinski definition) is 6. The van der Waals surface area contributed by atoms with E-state index in [1.54, 1.807) is 18.3 Å². The third-order valence-electron chi connectivity index (χ3n) is 4.44. The molecule has 4 aliphatic rings. The highest BCUT2D eigenvalue weighted by Gasteiger charge is 2.59. The van der Waals surface area contributed by atoms with Crippen LogP contribution in [0.1, 0.15) is 38.2 Å². The zero-order valence-electron chi connectivity index (χ0n) is 12.3. The first kappa shape index (κ1) is 13.6. The van der Waals surface area contributed by atoms with Crippen molar-refractivity contribution < 1.29 is 14.4 Å². The van der Waals surface area contributed by atoms with Crippen LogP contribution >= 0.6 is 0 Å². The molecule has 2 saturated heterocycles. The number of aliphatic imine (C=N–C) groups is 1. The molecule has 2 aliphatic carbocycles.